The Hall–Kier alpha value is -1.40. The van der Waals surface area contributed by atoms with Crippen LogP contribution in [0.4, 0.5) is 0 Å². The van der Waals surface area contributed by atoms with E-state index >= 15 is 0 Å². The highest BCUT2D eigenvalue weighted by Crippen LogP contribution is 2.29. The minimum atomic E-state index is -3.50. The van der Waals surface area contributed by atoms with Crippen molar-refractivity contribution in [3.05, 3.63) is 29.8 Å². The fourth-order valence-electron chi connectivity index (χ4n) is 1.80. The zero-order valence-electron chi connectivity index (χ0n) is 9.87. The van der Waals surface area contributed by atoms with Crippen molar-refractivity contribution >= 4 is 15.8 Å². The van der Waals surface area contributed by atoms with Crippen LogP contribution in [0.15, 0.2) is 29.2 Å². The van der Waals surface area contributed by atoms with E-state index in [1.165, 1.54) is 13.0 Å². The first-order valence-corrected chi connectivity index (χ1v) is 7.12. The van der Waals surface area contributed by atoms with Crippen molar-refractivity contribution in [3.63, 3.8) is 0 Å². The van der Waals surface area contributed by atoms with Crippen LogP contribution in [0.25, 0.3) is 0 Å². The number of carboxylic acids is 1. The molecule has 0 bridgehead atoms. The summed E-state index contributed by atoms with van der Waals surface area (Å²) < 4.78 is 29.5. The van der Waals surface area contributed by atoms with E-state index in [9.17, 15) is 13.2 Å². The minimum Gasteiger partial charge on any atom is -0.481 e. The van der Waals surface area contributed by atoms with E-state index in [1.54, 1.807) is 18.2 Å². The van der Waals surface area contributed by atoms with Crippen molar-refractivity contribution in [2.45, 2.75) is 23.0 Å². The van der Waals surface area contributed by atoms with Crippen molar-refractivity contribution in [1.82, 2.24) is 0 Å². The van der Waals surface area contributed by atoms with Gasteiger partial charge in [0.25, 0.3) is 0 Å². The topological polar surface area (TPSA) is 80.7 Å². The van der Waals surface area contributed by atoms with E-state index in [1.807, 2.05) is 0 Å². The lowest BCUT2D eigenvalue weighted by atomic mass is 10.0. The summed E-state index contributed by atoms with van der Waals surface area (Å²) in [7, 11) is -3.50. The summed E-state index contributed by atoms with van der Waals surface area (Å²) in [5.41, 5.74) is 0.330. The molecule has 1 fully saturated rings. The Labute approximate surface area is 105 Å². The lowest BCUT2D eigenvalue weighted by Gasteiger charge is -2.27. The number of carbonyl (C=O) groups is 1. The maximum atomic E-state index is 12.3. The zero-order valence-corrected chi connectivity index (χ0v) is 10.7. The van der Waals surface area contributed by atoms with Crippen molar-refractivity contribution in [2.24, 2.45) is 0 Å². The van der Waals surface area contributed by atoms with Crippen LogP contribution in [-0.4, -0.2) is 38.0 Å². The van der Waals surface area contributed by atoms with Crippen molar-refractivity contribution in [2.75, 3.05) is 13.2 Å². The first-order chi connectivity index (χ1) is 8.44. The van der Waals surface area contributed by atoms with Gasteiger partial charge in [-0.1, -0.05) is 18.2 Å². The largest absolute Gasteiger partial charge is 0.481 e. The fourth-order valence-corrected chi connectivity index (χ4v) is 3.55. The van der Waals surface area contributed by atoms with Crippen LogP contribution >= 0.6 is 0 Å². The van der Waals surface area contributed by atoms with Crippen LogP contribution in [0.5, 0.6) is 0 Å². The van der Waals surface area contributed by atoms with Crippen LogP contribution in [-0.2, 0) is 19.4 Å². The molecule has 0 saturated carbocycles. The molecule has 1 aliphatic rings. The molecule has 18 heavy (non-hydrogen) atoms. The number of ether oxygens (including phenoxy) is 1. The third-order valence-electron chi connectivity index (χ3n) is 3.11. The predicted octanol–water partition coefficient (Wildman–Crippen LogP) is 1.05. The van der Waals surface area contributed by atoms with Gasteiger partial charge in [-0.2, -0.15) is 0 Å². The molecule has 2 rings (SSSR count). The Bertz CT molecular complexity index is 560. The number of benzene rings is 1. The molecular formula is C12H14O5S. The van der Waals surface area contributed by atoms with Gasteiger partial charge in [-0.25, -0.2) is 8.42 Å². The number of carboxylic acid groups (broad SMARTS) is 1. The maximum absolute atomic E-state index is 12.3. The molecule has 1 N–H and O–H groups in total. The highest BCUT2D eigenvalue weighted by molar-refractivity contribution is 7.92. The Morgan fingerprint density at radius 2 is 2.00 bits per heavy atom. The van der Waals surface area contributed by atoms with Gasteiger partial charge in [-0.15, -0.1) is 0 Å². The van der Waals surface area contributed by atoms with E-state index in [2.05, 4.69) is 0 Å². The molecule has 6 heteroatoms. The van der Waals surface area contributed by atoms with Gasteiger partial charge in [0.2, 0.25) is 0 Å². The number of sulfone groups is 1. The third kappa shape index (κ3) is 2.13. The highest BCUT2D eigenvalue weighted by atomic mass is 32.2. The zero-order chi connectivity index (χ0) is 13.3. The normalized spacial score (nSPS) is 18.1. The van der Waals surface area contributed by atoms with Crippen LogP contribution in [0.3, 0.4) is 0 Å². The predicted molar refractivity (Wildman–Crippen MR) is 64.3 cm³/mol. The Morgan fingerprint density at radius 1 is 1.39 bits per heavy atom. The molecule has 1 aromatic carbocycles. The van der Waals surface area contributed by atoms with Crippen molar-refractivity contribution in [1.29, 1.82) is 0 Å². The van der Waals surface area contributed by atoms with E-state index in [0.717, 1.165) is 0 Å². The van der Waals surface area contributed by atoms with Crippen LogP contribution in [0.1, 0.15) is 18.4 Å². The lowest BCUT2D eigenvalue weighted by Crippen LogP contribution is -2.41. The van der Waals surface area contributed by atoms with Gasteiger partial charge in [-0.05, 0) is 18.6 Å². The van der Waals surface area contributed by atoms with Gasteiger partial charge in [-0.3, -0.25) is 4.79 Å². The van der Waals surface area contributed by atoms with Crippen molar-refractivity contribution in [3.8, 4) is 0 Å². The molecule has 0 amide bonds. The van der Waals surface area contributed by atoms with Crippen LogP contribution < -0.4 is 0 Å². The first kappa shape index (κ1) is 13.0. The molecule has 0 spiro atoms. The van der Waals surface area contributed by atoms with Gasteiger partial charge >= 0.3 is 5.97 Å². The van der Waals surface area contributed by atoms with Crippen LogP contribution in [0.2, 0.25) is 0 Å². The lowest BCUT2D eigenvalue weighted by molar-refractivity contribution is -0.138. The number of aliphatic carboxylic acids is 1. The Kier molecular flexibility index (Phi) is 3.41. The molecule has 0 radical (unpaired) electrons. The van der Waals surface area contributed by atoms with Gasteiger partial charge < -0.3 is 9.84 Å². The molecule has 1 saturated heterocycles. The maximum Gasteiger partial charge on any atom is 0.310 e. The standard InChI is InChI=1S/C12H14O5S/c1-8(12(13)14)10-4-2-3-5-11(10)18(15,16)9-6-17-7-9/h2-5,8-9H,6-7H2,1H3,(H,13,14). The molecule has 0 aliphatic carbocycles. The summed E-state index contributed by atoms with van der Waals surface area (Å²) >= 11 is 0. The monoisotopic (exact) mass is 270 g/mol. The molecule has 98 valence electrons. The summed E-state index contributed by atoms with van der Waals surface area (Å²) in [4.78, 5) is 11.1. The molecule has 5 nitrogen and oxygen atoms in total. The van der Waals surface area contributed by atoms with E-state index in [-0.39, 0.29) is 18.1 Å². The van der Waals surface area contributed by atoms with E-state index < -0.39 is 27.0 Å². The Balaban J connectivity index is 2.48. The summed E-state index contributed by atoms with van der Waals surface area (Å²) in [5.74, 6) is -1.89. The molecule has 1 aliphatic heterocycles. The third-order valence-corrected chi connectivity index (χ3v) is 5.24. The molecule has 1 atom stereocenters. The number of hydrogen-bond acceptors (Lipinski definition) is 4. The fraction of sp³-hybridized carbons (Fsp3) is 0.417. The second kappa shape index (κ2) is 4.70. The summed E-state index contributed by atoms with van der Waals surface area (Å²) in [6.45, 7) is 1.84. The van der Waals surface area contributed by atoms with Gasteiger partial charge in [0.1, 0.15) is 5.25 Å². The summed E-state index contributed by atoms with van der Waals surface area (Å²) in [6.07, 6.45) is 0. The quantitative estimate of drug-likeness (QED) is 0.884. The average molecular weight is 270 g/mol. The van der Waals surface area contributed by atoms with Gasteiger partial charge in [0.15, 0.2) is 9.84 Å². The first-order valence-electron chi connectivity index (χ1n) is 5.58. The second-order valence-electron chi connectivity index (χ2n) is 4.30. The number of rotatable bonds is 4. The smallest absolute Gasteiger partial charge is 0.310 e. The average Bonchev–Trinajstić information content (AvgIpc) is 2.25. The Morgan fingerprint density at radius 3 is 2.50 bits per heavy atom. The second-order valence-corrected chi connectivity index (χ2v) is 6.50. The molecule has 1 aromatic rings. The molecular weight excluding hydrogens is 256 g/mol. The van der Waals surface area contributed by atoms with Crippen LogP contribution in [0, 0.1) is 0 Å². The summed E-state index contributed by atoms with van der Waals surface area (Å²) in [6, 6.07) is 6.25. The molecule has 0 aromatic heterocycles. The molecule has 1 unspecified atom stereocenters. The highest BCUT2D eigenvalue weighted by Gasteiger charge is 2.36. The molecule has 1 heterocycles. The van der Waals surface area contributed by atoms with Gasteiger partial charge in [0.05, 0.1) is 24.0 Å². The van der Waals surface area contributed by atoms with Crippen molar-refractivity contribution < 1.29 is 23.1 Å². The summed E-state index contributed by atoms with van der Waals surface area (Å²) in [5, 5.41) is 8.46. The van der Waals surface area contributed by atoms with E-state index in [4.69, 9.17) is 9.84 Å². The van der Waals surface area contributed by atoms with E-state index in [0.29, 0.717) is 5.56 Å². The minimum absolute atomic E-state index is 0.105. The SMILES string of the molecule is CC(C(=O)O)c1ccccc1S(=O)(=O)C1COC1. The number of hydrogen-bond donors (Lipinski definition) is 1. The van der Waals surface area contributed by atoms with Gasteiger partial charge in [0, 0.05) is 0 Å².